The Morgan fingerprint density at radius 1 is 1.18 bits per heavy atom. The van der Waals surface area contributed by atoms with Crippen LogP contribution in [0.15, 0.2) is 58.8 Å². The molecule has 1 N–H and O–H groups in total. The van der Waals surface area contributed by atoms with E-state index in [4.69, 9.17) is 4.74 Å². The molecule has 1 heterocycles. The number of nitrogens with zero attached hydrogens (tertiary/aromatic N) is 5. The molecule has 0 aliphatic carbocycles. The summed E-state index contributed by atoms with van der Waals surface area (Å²) in [5.74, 6) is -0.549. The van der Waals surface area contributed by atoms with Gasteiger partial charge in [0.2, 0.25) is 10.2 Å². The van der Waals surface area contributed by atoms with Crippen LogP contribution in [0.2, 0.25) is 0 Å². The van der Waals surface area contributed by atoms with Gasteiger partial charge in [0.1, 0.15) is 0 Å². The van der Waals surface area contributed by atoms with Gasteiger partial charge in [0.25, 0.3) is 0 Å². The number of benzene rings is 2. The molecule has 1 aromatic heterocycles. The number of carbonyl (C=O) groups is 1. The van der Waals surface area contributed by atoms with Crippen molar-refractivity contribution < 1.29 is 9.53 Å². The average Bonchev–Trinajstić information content (AvgIpc) is 3.15. The van der Waals surface area contributed by atoms with Crippen LogP contribution in [0.25, 0.3) is 5.69 Å². The number of anilines is 1. The Balaban J connectivity index is 1.87. The van der Waals surface area contributed by atoms with Gasteiger partial charge >= 0.3 is 5.97 Å². The molecule has 0 bridgehead atoms. The smallest absolute Gasteiger partial charge is 0.365 e. The van der Waals surface area contributed by atoms with E-state index in [2.05, 4.69) is 26.1 Å². The van der Waals surface area contributed by atoms with Gasteiger partial charge in [-0.15, -0.1) is 5.10 Å². The molecule has 0 radical (unpaired) electrons. The molecule has 144 valence electrons. The highest BCUT2D eigenvalue weighted by Crippen LogP contribution is 2.22. The molecule has 3 aromatic rings. The zero-order valence-electron chi connectivity index (χ0n) is 15.8. The number of para-hydroxylation sites is 1. The molecule has 8 nitrogen and oxygen atoms in total. The molecule has 0 aliphatic heterocycles. The van der Waals surface area contributed by atoms with Crippen LogP contribution < -0.4 is 5.43 Å². The van der Waals surface area contributed by atoms with E-state index >= 15 is 0 Å². The number of hydrazone groups is 1. The molecular formula is C19H20N6O2S. The summed E-state index contributed by atoms with van der Waals surface area (Å²) in [5, 5.41) is 16.5. The number of rotatable bonds is 5. The van der Waals surface area contributed by atoms with E-state index in [-0.39, 0.29) is 11.7 Å². The molecule has 0 unspecified atom stereocenters. The van der Waals surface area contributed by atoms with Gasteiger partial charge in [-0.3, -0.25) is 5.43 Å². The van der Waals surface area contributed by atoms with Crippen LogP contribution >= 0.6 is 11.8 Å². The Morgan fingerprint density at radius 3 is 2.64 bits per heavy atom. The van der Waals surface area contributed by atoms with E-state index in [1.54, 1.807) is 11.6 Å². The van der Waals surface area contributed by atoms with Crippen molar-refractivity contribution in [1.29, 1.82) is 0 Å². The molecule has 0 spiro atoms. The highest BCUT2D eigenvalue weighted by molar-refractivity contribution is 8.15. The summed E-state index contributed by atoms with van der Waals surface area (Å²) in [6.07, 6.45) is 0. The van der Waals surface area contributed by atoms with E-state index in [1.165, 1.54) is 0 Å². The zero-order chi connectivity index (χ0) is 19.9. The second kappa shape index (κ2) is 9.14. The summed E-state index contributed by atoms with van der Waals surface area (Å²) < 4.78 is 6.67. The van der Waals surface area contributed by atoms with Crippen LogP contribution in [0.4, 0.5) is 5.69 Å². The number of tetrazole rings is 1. The van der Waals surface area contributed by atoms with E-state index in [0.29, 0.717) is 5.16 Å². The van der Waals surface area contributed by atoms with Crippen molar-refractivity contribution in [3.63, 3.8) is 0 Å². The van der Waals surface area contributed by atoms with Crippen LogP contribution in [0.1, 0.15) is 18.1 Å². The van der Waals surface area contributed by atoms with Gasteiger partial charge in [0, 0.05) is 0 Å². The fourth-order valence-electron chi connectivity index (χ4n) is 2.29. The quantitative estimate of drug-likeness (QED) is 0.232. The van der Waals surface area contributed by atoms with E-state index < -0.39 is 5.97 Å². The fraction of sp³-hybridized carbons (Fsp3) is 0.211. The van der Waals surface area contributed by atoms with E-state index in [1.807, 2.05) is 62.4 Å². The van der Waals surface area contributed by atoms with Crippen molar-refractivity contribution in [2.75, 3.05) is 12.0 Å². The lowest BCUT2D eigenvalue weighted by molar-refractivity contribution is -0.134. The number of aryl methyl sites for hydroxylation is 2. The third kappa shape index (κ3) is 4.74. The standard InChI is InChI=1S/C19H20N6O2S/c1-4-27-18(26)17(21-20-16-8-6-5-7-14(16)3)28-19-22-23-24-25(19)15-11-9-13(2)10-12-15/h5-12,20H,4H2,1-3H3/b21-17-. The molecule has 0 saturated heterocycles. The molecule has 0 atom stereocenters. The number of nitrogens with one attached hydrogen (secondary N) is 1. The highest BCUT2D eigenvalue weighted by Gasteiger charge is 2.20. The highest BCUT2D eigenvalue weighted by atomic mass is 32.2. The molecule has 0 aliphatic rings. The molecular weight excluding hydrogens is 376 g/mol. The van der Waals surface area contributed by atoms with Gasteiger partial charge in [0.15, 0.2) is 0 Å². The monoisotopic (exact) mass is 396 g/mol. The summed E-state index contributed by atoms with van der Waals surface area (Å²) in [5.41, 5.74) is 6.63. The SMILES string of the molecule is CCOC(=O)/C(=N/Nc1ccccc1C)Sc1nnnn1-c1ccc(C)cc1. The molecule has 28 heavy (non-hydrogen) atoms. The summed E-state index contributed by atoms with van der Waals surface area (Å²) >= 11 is 1.03. The van der Waals surface area contributed by atoms with Crippen molar-refractivity contribution in [3.8, 4) is 5.69 Å². The Hall–Kier alpha value is -3.20. The number of hydrogen-bond acceptors (Lipinski definition) is 8. The lowest BCUT2D eigenvalue weighted by Crippen LogP contribution is -2.17. The van der Waals surface area contributed by atoms with Crippen LogP contribution in [-0.2, 0) is 9.53 Å². The van der Waals surface area contributed by atoms with Gasteiger partial charge in [0.05, 0.1) is 18.0 Å². The van der Waals surface area contributed by atoms with Crippen molar-refractivity contribution >= 4 is 28.5 Å². The fourth-order valence-corrected chi connectivity index (χ4v) is 3.00. The molecule has 9 heteroatoms. The number of hydrogen-bond donors (Lipinski definition) is 1. The first-order chi connectivity index (χ1) is 13.6. The topological polar surface area (TPSA) is 94.3 Å². The van der Waals surface area contributed by atoms with Crippen LogP contribution in [0.5, 0.6) is 0 Å². The first-order valence-corrected chi connectivity index (χ1v) is 9.50. The number of carbonyl (C=O) groups excluding carboxylic acids is 1. The maximum absolute atomic E-state index is 12.4. The number of ether oxygens (including phenoxy) is 1. The number of aromatic nitrogens is 4. The Morgan fingerprint density at radius 2 is 1.93 bits per heavy atom. The Kier molecular flexibility index (Phi) is 6.38. The van der Waals surface area contributed by atoms with E-state index in [9.17, 15) is 4.79 Å². The van der Waals surface area contributed by atoms with Crippen molar-refractivity contribution in [2.24, 2.45) is 5.10 Å². The van der Waals surface area contributed by atoms with E-state index in [0.717, 1.165) is 34.3 Å². The third-order valence-electron chi connectivity index (χ3n) is 3.78. The lowest BCUT2D eigenvalue weighted by Gasteiger charge is -2.08. The largest absolute Gasteiger partial charge is 0.461 e. The van der Waals surface area contributed by atoms with Gasteiger partial charge in [-0.1, -0.05) is 35.9 Å². The predicted molar refractivity (Wildman–Crippen MR) is 109 cm³/mol. The van der Waals surface area contributed by atoms with Gasteiger partial charge in [-0.2, -0.15) is 9.78 Å². The van der Waals surface area contributed by atoms with Crippen molar-refractivity contribution in [3.05, 3.63) is 59.7 Å². The number of thioether (sulfide) groups is 1. The molecule has 2 aromatic carbocycles. The maximum atomic E-state index is 12.4. The van der Waals surface area contributed by atoms with Gasteiger partial charge < -0.3 is 4.74 Å². The normalized spacial score (nSPS) is 11.3. The Bertz CT molecular complexity index is 984. The minimum absolute atomic E-state index is 0.105. The predicted octanol–water partition coefficient (Wildman–Crippen LogP) is 3.36. The van der Waals surface area contributed by atoms with Crippen LogP contribution in [0, 0.1) is 13.8 Å². The molecule has 0 fully saturated rings. The third-order valence-corrected chi connectivity index (χ3v) is 4.67. The van der Waals surface area contributed by atoms with Gasteiger partial charge in [-0.05, 0) is 66.7 Å². The second-order valence-corrected chi connectivity index (χ2v) is 6.83. The minimum Gasteiger partial charge on any atom is -0.461 e. The summed E-state index contributed by atoms with van der Waals surface area (Å²) in [6, 6.07) is 15.4. The van der Waals surface area contributed by atoms with Crippen LogP contribution in [-0.4, -0.2) is 37.8 Å². The van der Waals surface area contributed by atoms with Gasteiger partial charge in [-0.25, -0.2) is 4.79 Å². The Labute approximate surface area is 167 Å². The van der Waals surface area contributed by atoms with Crippen molar-refractivity contribution in [1.82, 2.24) is 20.2 Å². The molecule has 3 rings (SSSR count). The number of esters is 1. The first kappa shape index (κ1) is 19.6. The first-order valence-electron chi connectivity index (χ1n) is 8.68. The molecule has 0 amide bonds. The average molecular weight is 396 g/mol. The summed E-state index contributed by atoms with van der Waals surface area (Å²) in [6.45, 7) is 5.94. The summed E-state index contributed by atoms with van der Waals surface area (Å²) in [4.78, 5) is 12.4. The maximum Gasteiger partial charge on any atom is 0.365 e. The lowest BCUT2D eigenvalue weighted by atomic mass is 10.2. The summed E-state index contributed by atoms with van der Waals surface area (Å²) in [7, 11) is 0. The minimum atomic E-state index is -0.549. The second-order valence-electron chi connectivity index (χ2n) is 5.88. The van der Waals surface area contributed by atoms with Crippen LogP contribution in [0.3, 0.4) is 0 Å². The molecule has 0 saturated carbocycles. The van der Waals surface area contributed by atoms with Crippen molar-refractivity contribution in [2.45, 2.75) is 25.9 Å². The zero-order valence-corrected chi connectivity index (χ0v) is 16.6.